The second-order valence-corrected chi connectivity index (χ2v) is 6.91. The fourth-order valence-corrected chi connectivity index (χ4v) is 3.32. The van der Waals surface area contributed by atoms with Gasteiger partial charge in [0.1, 0.15) is 17.2 Å². The van der Waals surface area contributed by atoms with Crippen LogP contribution in [0.15, 0.2) is 39.5 Å². The molecule has 1 aliphatic heterocycles. The fraction of sp³-hybridized carbons (Fsp3) is 0.368. The molecule has 0 saturated carbocycles. The van der Waals surface area contributed by atoms with Crippen molar-refractivity contribution in [1.29, 1.82) is 0 Å². The molecule has 8 heteroatoms. The molecule has 27 heavy (non-hydrogen) atoms. The highest BCUT2D eigenvalue weighted by molar-refractivity contribution is 6.29. The zero-order valence-electron chi connectivity index (χ0n) is 14.7. The number of carbonyl (C=O) groups is 1. The minimum atomic E-state index is 0.0630. The molecule has 0 fully saturated rings. The number of hydrogen-bond donors (Lipinski definition) is 0. The highest BCUT2D eigenvalue weighted by Gasteiger charge is 2.25. The predicted octanol–water partition coefficient (Wildman–Crippen LogP) is 3.01. The van der Waals surface area contributed by atoms with Crippen LogP contribution in [0.5, 0.6) is 0 Å². The number of oxazole rings is 1. The van der Waals surface area contributed by atoms with Gasteiger partial charge in [0.05, 0.1) is 6.54 Å². The lowest BCUT2D eigenvalue weighted by Crippen LogP contribution is -2.35. The van der Waals surface area contributed by atoms with Crippen molar-refractivity contribution in [2.75, 3.05) is 6.54 Å². The topological polar surface area (TPSA) is 85.3 Å². The lowest BCUT2D eigenvalue weighted by atomic mass is 10.1. The Balaban J connectivity index is 1.32. The van der Waals surface area contributed by atoms with E-state index >= 15 is 0 Å². The van der Waals surface area contributed by atoms with E-state index in [2.05, 4.69) is 15.1 Å². The molecule has 3 aromatic rings. The van der Waals surface area contributed by atoms with Crippen LogP contribution in [0.3, 0.4) is 0 Å². The largest absolute Gasteiger partial charge is 0.445 e. The SMILES string of the molecule is O=C(CCc1cc(Cl)no1)N1CCc2oc(CCc3cccnc3)nc2C1. The number of hydrogen-bond acceptors (Lipinski definition) is 6. The van der Waals surface area contributed by atoms with Gasteiger partial charge in [0, 0.05) is 50.7 Å². The average molecular weight is 387 g/mol. The van der Waals surface area contributed by atoms with E-state index in [1.54, 1.807) is 12.3 Å². The summed E-state index contributed by atoms with van der Waals surface area (Å²) in [5.74, 6) is 2.29. The molecule has 0 spiro atoms. The van der Waals surface area contributed by atoms with E-state index in [-0.39, 0.29) is 5.91 Å². The Hall–Kier alpha value is -2.67. The number of nitrogens with zero attached hydrogens (tertiary/aromatic N) is 4. The number of amides is 1. The Morgan fingerprint density at radius 3 is 3.00 bits per heavy atom. The summed E-state index contributed by atoms with van der Waals surface area (Å²) in [6.45, 7) is 1.13. The Labute approximate surface area is 161 Å². The van der Waals surface area contributed by atoms with Gasteiger partial charge in [-0.05, 0) is 18.1 Å². The monoisotopic (exact) mass is 386 g/mol. The first kappa shape index (κ1) is 17.7. The van der Waals surface area contributed by atoms with Crippen LogP contribution in [-0.2, 0) is 37.0 Å². The van der Waals surface area contributed by atoms with Crippen LogP contribution in [0.1, 0.15) is 35.1 Å². The minimum absolute atomic E-state index is 0.0630. The van der Waals surface area contributed by atoms with Gasteiger partial charge in [-0.25, -0.2) is 4.98 Å². The predicted molar refractivity (Wildman–Crippen MR) is 97.1 cm³/mol. The van der Waals surface area contributed by atoms with Gasteiger partial charge in [-0.2, -0.15) is 0 Å². The van der Waals surface area contributed by atoms with Crippen molar-refractivity contribution in [3.05, 3.63) is 64.4 Å². The molecule has 0 unspecified atom stereocenters. The Morgan fingerprint density at radius 1 is 1.30 bits per heavy atom. The van der Waals surface area contributed by atoms with Gasteiger partial charge in [-0.15, -0.1) is 0 Å². The molecule has 0 atom stereocenters. The van der Waals surface area contributed by atoms with Gasteiger partial charge in [-0.1, -0.05) is 22.8 Å². The number of carbonyl (C=O) groups excluding carboxylic acids is 1. The summed E-state index contributed by atoms with van der Waals surface area (Å²) in [5.41, 5.74) is 2.01. The summed E-state index contributed by atoms with van der Waals surface area (Å²) in [4.78, 5) is 23.0. The van der Waals surface area contributed by atoms with Crippen LogP contribution < -0.4 is 0 Å². The van der Waals surface area contributed by atoms with Crippen LogP contribution in [-0.4, -0.2) is 32.5 Å². The first-order valence-electron chi connectivity index (χ1n) is 8.92. The summed E-state index contributed by atoms with van der Waals surface area (Å²) >= 11 is 5.73. The molecule has 1 amide bonds. The number of aromatic nitrogens is 3. The first-order chi connectivity index (χ1) is 13.2. The van der Waals surface area contributed by atoms with Gasteiger partial charge in [0.25, 0.3) is 0 Å². The molecule has 4 heterocycles. The Morgan fingerprint density at radius 2 is 2.22 bits per heavy atom. The maximum atomic E-state index is 12.5. The third kappa shape index (κ3) is 4.36. The van der Waals surface area contributed by atoms with Crippen molar-refractivity contribution in [3.8, 4) is 0 Å². The molecule has 4 rings (SSSR count). The number of rotatable bonds is 6. The maximum absolute atomic E-state index is 12.5. The quantitative estimate of drug-likeness (QED) is 0.647. The average Bonchev–Trinajstić information content (AvgIpc) is 3.30. The van der Waals surface area contributed by atoms with Gasteiger partial charge in [0.15, 0.2) is 11.0 Å². The van der Waals surface area contributed by atoms with Crippen LogP contribution in [0, 0.1) is 0 Å². The maximum Gasteiger partial charge on any atom is 0.223 e. The highest BCUT2D eigenvalue weighted by atomic mass is 35.5. The molecule has 0 aromatic carbocycles. The van der Waals surface area contributed by atoms with Crippen LogP contribution >= 0.6 is 11.6 Å². The summed E-state index contributed by atoms with van der Waals surface area (Å²) in [7, 11) is 0. The molecule has 0 radical (unpaired) electrons. The molecular weight excluding hydrogens is 368 g/mol. The van der Waals surface area contributed by atoms with Crippen molar-refractivity contribution in [1.82, 2.24) is 20.0 Å². The van der Waals surface area contributed by atoms with Gasteiger partial charge in [-0.3, -0.25) is 9.78 Å². The second kappa shape index (κ2) is 7.92. The third-order valence-corrected chi connectivity index (χ3v) is 4.77. The van der Waals surface area contributed by atoms with E-state index < -0.39 is 0 Å². The molecule has 140 valence electrons. The number of pyridine rings is 1. The number of aryl methyl sites for hydroxylation is 3. The van der Waals surface area contributed by atoms with Crippen molar-refractivity contribution >= 4 is 17.5 Å². The van der Waals surface area contributed by atoms with Crippen molar-refractivity contribution in [2.45, 2.75) is 38.6 Å². The standard InChI is InChI=1S/C19H19ClN4O3/c20-17-10-14(27-23-17)4-6-19(25)24-9-7-16-15(12-24)22-18(26-16)5-3-13-2-1-8-21-11-13/h1-2,8,10-11H,3-7,9,12H2. The molecular formula is C19H19ClN4O3. The molecule has 0 N–H and O–H groups in total. The van der Waals surface area contributed by atoms with Crippen LogP contribution in [0.2, 0.25) is 5.15 Å². The molecule has 0 bridgehead atoms. The van der Waals surface area contributed by atoms with Gasteiger partial charge in [0.2, 0.25) is 5.91 Å². The van der Waals surface area contributed by atoms with Crippen molar-refractivity contribution in [3.63, 3.8) is 0 Å². The van der Waals surface area contributed by atoms with Crippen molar-refractivity contribution < 1.29 is 13.7 Å². The van der Waals surface area contributed by atoms with Crippen LogP contribution in [0.25, 0.3) is 0 Å². The van der Waals surface area contributed by atoms with E-state index in [9.17, 15) is 4.79 Å². The van der Waals surface area contributed by atoms with E-state index in [4.69, 9.17) is 20.5 Å². The van der Waals surface area contributed by atoms with E-state index in [0.717, 1.165) is 35.7 Å². The zero-order valence-corrected chi connectivity index (χ0v) is 15.5. The van der Waals surface area contributed by atoms with E-state index in [1.807, 2.05) is 23.2 Å². The first-order valence-corrected chi connectivity index (χ1v) is 9.30. The molecule has 1 aliphatic rings. The molecule has 0 saturated heterocycles. The van der Waals surface area contributed by atoms with Gasteiger partial charge < -0.3 is 13.8 Å². The minimum Gasteiger partial charge on any atom is -0.445 e. The number of fused-ring (bicyclic) bond motifs is 1. The molecule has 0 aliphatic carbocycles. The zero-order chi connectivity index (χ0) is 18.6. The third-order valence-electron chi connectivity index (χ3n) is 4.59. The number of halogens is 1. The second-order valence-electron chi connectivity index (χ2n) is 6.52. The molecule has 7 nitrogen and oxygen atoms in total. The normalized spacial score (nSPS) is 13.6. The smallest absolute Gasteiger partial charge is 0.223 e. The fourth-order valence-electron chi connectivity index (χ4n) is 3.16. The summed E-state index contributed by atoms with van der Waals surface area (Å²) in [6.07, 6.45) is 6.69. The van der Waals surface area contributed by atoms with Crippen LogP contribution in [0.4, 0.5) is 0 Å². The Kier molecular flexibility index (Phi) is 5.20. The lowest BCUT2D eigenvalue weighted by molar-refractivity contribution is -0.132. The molecule has 3 aromatic heterocycles. The van der Waals surface area contributed by atoms with E-state index in [0.29, 0.717) is 43.3 Å². The summed E-state index contributed by atoms with van der Waals surface area (Å²) in [6, 6.07) is 5.60. The lowest BCUT2D eigenvalue weighted by Gasteiger charge is -2.25. The summed E-state index contributed by atoms with van der Waals surface area (Å²) < 4.78 is 10.9. The summed E-state index contributed by atoms with van der Waals surface area (Å²) in [5, 5.41) is 3.93. The highest BCUT2D eigenvalue weighted by Crippen LogP contribution is 2.22. The van der Waals surface area contributed by atoms with Gasteiger partial charge >= 0.3 is 0 Å². The van der Waals surface area contributed by atoms with E-state index in [1.165, 1.54) is 0 Å². The Bertz CT molecular complexity index is 922. The van der Waals surface area contributed by atoms with Crippen molar-refractivity contribution in [2.24, 2.45) is 0 Å².